The van der Waals surface area contributed by atoms with Crippen LogP contribution in [0.1, 0.15) is 45.4 Å². The topological polar surface area (TPSA) is 54.8 Å². The van der Waals surface area contributed by atoms with Gasteiger partial charge in [-0.05, 0) is 44.4 Å². The smallest absolute Gasteiger partial charge is 0.355 e. The molecular formula is C24H29N3O3. The minimum Gasteiger partial charge on any atom is -0.461 e. The van der Waals surface area contributed by atoms with Crippen molar-refractivity contribution in [1.29, 1.82) is 0 Å². The maximum Gasteiger partial charge on any atom is 0.355 e. The van der Waals surface area contributed by atoms with Gasteiger partial charge in [0.05, 0.1) is 6.61 Å². The lowest BCUT2D eigenvalue weighted by Gasteiger charge is -2.36. The first-order valence-electron chi connectivity index (χ1n) is 10.7. The molecule has 6 heteroatoms. The van der Waals surface area contributed by atoms with Gasteiger partial charge >= 0.3 is 5.97 Å². The van der Waals surface area contributed by atoms with Gasteiger partial charge in [0.15, 0.2) is 5.78 Å². The Morgan fingerprint density at radius 1 is 1.10 bits per heavy atom. The molecule has 2 heterocycles. The Hall–Kier alpha value is -3.02. The molecule has 2 aliphatic rings. The molecular weight excluding hydrogens is 378 g/mol. The predicted octanol–water partition coefficient (Wildman–Crippen LogP) is 3.35. The van der Waals surface area contributed by atoms with Crippen molar-refractivity contribution in [2.45, 2.75) is 26.7 Å². The highest BCUT2D eigenvalue weighted by molar-refractivity contribution is 6.13. The van der Waals surface area contributed by atoms with Crippen LogP contribution < -0.4 is 4.90 Å². The lowest BCUT2D eigenvalue weighted by atomic mass is 9.89. The number of carbonyl (C=O) groups is 2. The number of benzene rings is 1. The number of rotatable bonds is 4. The lowest BCUT2D eigenvalue weighted by Crippen LogP contribution is -2.44. The van der Waals surface area contributed by atoms with Crippen molar-refractivity contribution >= 4 is 17.4 Å². The number of para-hydroxylation sites is 1. The minimum absolute atomic E-state index is 0.0467. The molecule has 0 atom stereocenters. The highest BCUT2D eigenvalue weighted by atomic mass is 16.5. The summed E-state index contributed by atoms with van der Waals surface area (Å²) in [6.07, 6.45) is 3.50. The Morgan fingerprint density at radius 3 is 2.47 bits per heavy atom. The van der Waals surface area contributed by atoms with Crippen LogP contribution in [-0.2, 0) is 18.2 Å². The summed E-state index contributed by atoms with van der Waals surface area (Å²) in [7, 11) is 1.85. The number of nitrogens with zero attached hydrogens (tertiary/aromatic N) is 3. The van der Waals surface area contributed by atoms with Crippen molar-refractivity contribution in [2.75, 3.05) is 37.7 Å². The van der Waals surface area contributed by atoms with Crippen LogP contribution >= 0.6 is 0 Å². The monoisotopic (exact) mass is 407 g/mol. The van der Waals surface area contributed by atoms with Crippen molar-refractivity contribution in [1.82, 2.24) is 9.47 Å². The van der Waals surface area contributed by atoms with E-state index in [-0.39, 0.29) is 11.8 Å². The second-order valence-electron chi connectivity index (χ2n) is 7.92. The fraction of sp³-hybridized carbons (Fsp3) is 0.417. The molecule has 30 heavy (non-hydrogen) atoms. The molecule has 6 nitrogen and oxygen atoms in total. The van der Waals surface area contributed by atoms with Gasteiger partial charge in [-0.3, -0.25) is 4.79 Å². The third-order valence-corrected chi connectivity index (χ3v) is 6.15. The second kappa shape index (κ2) is 8.38. The number of carbonyl (C=O) groups excluding carboxylic acids is 2. The third-order valence-electron chi connectivity index (χ3n) is 6.15. The van der Waals surface area contributed by atoms with Crippen LogP contribution in [-0.4, -0.2) is 54.0 Å². The Kier molecular flexibility index (Phi) is 5.66. The van der Waals surface area contributed by atoms with Crippen molar-refractivity contribution in [2.24, 2.45) is 7.05 Å². The van der Waals surface area contributed by atoms with E-state index in [0.29, 0.717) is 24.3 Å². The van der Waals surface area contributed by atoms with Gasteiger partial charge in [-0.2, -0.15) is 0 Å². The average molecular weight is 408 g/mol. The van der Waals surface area contributed by atoms with Crippen LogP contribution in [0.3, 0.4) is 0 Å². The molecule has 0 amide bonds. The molecule has 0 spiro atoms. The van der Waals surface area contributed by atoms with Gasteiger partial charge < -0.3 is 19.1 Å². The lowest BCUT2D eigenvalue weighted by molar-refractivity contribution is 0.0514. The first kappa shape index (κ1) is 20.3. The van der Waals surface area contributed by atoms with Gasteiger partial charge in [-0.25, -0.2) is 4.79 Å². The van der Waals surface area contributed by atoms with Gasteiger partial charge in [0.25, 0.3) is 0 Å². The van der Waals surface area contributed by atoms with Crippen molar-refractivity contribution in [3.63, 3.8) is 0 Å². The number of esters is 1. The second-order valence-corrected chi connectivity index (χ2v) is 7.92. The van der Waals surface area contributed by atoms with Gasteiger partial charge in [0, 0.05) is 61.9 Å². The van der Waals surface area contributed by atoms with Gasteiger partial charge in [0.1, 0.15) is 5.69 Å². The number of ketones is 1. The average Bonchev–Trinajstić information content (AvgIpc) is 3.02. The number of piperazine rings is 1. The van der Waals surface area contributed by atoms with E-state index in [9.17, 15) is 9.59 Å². The maximum atomic E-state index is 13.3. The first-order valence-corrected chi connectivity index (χ1v) is 10.7. The van der Waals surface area contributed by atoms with Crippen LogP contribution in [0.5, 0.6) is 0 Å². The van der Waals surface area contributed by atoms with E-state index in [0.717, 1.165) is 49.4 Å². The van der Waals surface area contributed by atoms with Crippen molar-refractivity contribution in [3.05, 3.63) is 64.6 Å². The summed E-state index contributed by atoms with van der Waals surface area (Å²) in [6.45, 7) is 7.61. The van der Waals surface area contributed by atoms with E-state index in [1.54, 1.807) is 6.92 Å². The van der Waals surface area contributed by atoms with E-state index < -0.39 is 0 Å². The summed E-state index contributed by atoms with van der Waals surface area (Å²) in [5.74, 6) is -0.312. The van der Waals surface area contributed by atoms with E-state index in [2.05, 4.69) is 34.1 Å². The number of hydrogen-bond donors (Lipinski definition) is 0. The molecule has 0 bridgehead atoms. The fourth-order valence-electron chi connectivity index (χ4n) is 4.59. The number of anilines is 1. The molecule has 1 aliphatic carbocycles. The highest BCUT2D eigenvalue weighted by Crippen LogP contribution is 2.32. The zero-order valence-corrected chi connectivity index (χ0v) is 18.0. The highest BCUT2D eigenvalue weighted by Gasteiger charge is 2.32. The Morgan fingerprint density at radius 2 is 1.80 bits per heavy atom. The molecule has 1 aromatic carbocycles. The van der Waals surface area contributed by atoms with Crippen LogP contribution in [0.15, 0.2) is 42.1 Å². The first-order chi connectivity index (χ1) is 14.5. The number of fused-ring (bicyclic) bond motifs is 1. The van der Waals surface area contributed by atoms with Crippen molar-refractivity contribution in [3.8, 4) is 0 Å². The summed E-state index contributed by atoms with van der Waals surface area (Å²) >= 11 is 0. The maximum absolute atomic E-state index is 13.3. The zero-order chi connectivity index (χ0) is 21.3. The number of Topliss-reactive ketones (excluding diaryl/α,β-unsaturated/α-hetero) is 1. The number of hydrogen-bond acceptors (Lipinski definition) is 5. The molecule has 1 saturated heterocycles. The van der Waals surface area contributed by atoms with Gasteiger partial charge in [-0.15, -0.1) is 0 Å². The summed E-state index contributed by atoms with van der Waals surface area (Å²) < 4.78 is 7.04. The summed E-state index contributed by atoms with van der Waals surface area (Å²) in [6, 6.07) is 10.4. The van der Waals surface area contributed by atoms with E-state index in [1.807, 2.05) is 30.8 Å². The molecule has 1 aromatic heterocycles. The number of ether oxygens (including phenoxy) is 1. The van der Waals surface area contributed by atoms with Gasteiger partial charge in [0.2, 0.25) is 0 Å². The Labute approximate surface area is 177 Å². The summed E-state index contributed by atoms with van der Waals surface area (Å²) in [5, 5.41) is 0. The number of allylic oxidation sites excluding steroid dienone is 1. The normalized spacial score (nSPS) is 18.0. The third kappa shape index (κ3) is 3.62. The van der Waals surface area contributed by atoms with Crippen LogP contribution in [0.4, 0.5) is 5.69 Å². The largest absolute Gasteiger partial charge is 0.461 e. The fourth-order valence-corrected chi connectivity index (χ4v) is 4.59. The van der Waals surface area contributed by atoms with E-state index in [4.69, 9.17) is 4.74 Å². The molecule has 0 radical (unpaired) electrons. The Balaban J connectivity index is 1.51. The Bertz CT molecular complexity index is 983. The number of aromatic nitrogens is 1. The molecule has 0 saturated carbocycles. The van der Waals surface area contributed by atoms with Crippen LogP contribution in [0.2, 0.25) is 0 Å². The quantitative estimate of drug-likeness (QED) is 0.575. The molecule has 1 aliphatic heterocycles. The molecule has 0 unspecified atom stereocenters. The summed E-state index contributed by atoms with van der Waals surface area (Å²) in [5.41, 5.74) is 4.92. The van der Waals surface area contributed by atoms with Gasteiger partial charge in [-0.1, -0.05) is 18.2 Å². The van der Waals surface area contributed by atoms with Crippen LogP contribution in [0.25, 0.3) is 0 Å². The summed E-state index contributed by atoms with van der Waals surface area (Å²) in [4.78, 5) is 30.3. The molecule has 2 aromatic rings. The van der Waals surface area contributed by atoms with E-state index >= 15 is 0 Å². The van der Waals surface area contributed by atoms with E-state index in [1.165, 1.54) is 5.69 Å². The zero-order valence-electron chi connectivity index (χ0n) is 18.0. The molecule has 158 valence electrons. The SMILES string of the molecule is CCOC(=O)c1c(C)c2c(n1C)CCC(=CN1CCN(c3ccccc3)CC1)C2=O. The minimum atomic E-state index is -0.359. The molecule has 0 N–H and O–H groups in total. The predicted molar refractivity (Wildman–Crippen MR) is 117 cm³/mol. The van der Waals surface area contributed by atoms with Crippen molar-refractivity contribution < 1.29 is 14.3 Å². The standard InChI is InChI=1S/C24H29N3O3/c1-4-30-24(29)22-17(2)21-20(25(22)3)11-10-18(23(21)28)16-26-12-14-27(15-13-26)19-8-6-5-7-9-19/h5-9,16H,4,10-15H2,1-3H3. The molecule has 1 fully saturated rings. The van der Waals surface area contributed by atoms with Crippen LogP contribution in [0, 0.1) is 6.92 Å². The molecule has 4 rings (SSSR count).